The Morgan fingerprint density at radius 3 is 1.61 bits per heavy atom. The minimum atomic E-state index is -1.93. The zero-order valence-corrected chi connectivity index (χ0v) is 59.0. The highest BCUT2D eigenvalue weighted by Crippen LogP contribution is 2.28. The number of benzene rings is 2. The zero-order valence-electron chi connectivity index (χ0n) is 54.1. The number of phenols is 2. The van der Waals surface area contributed by atoms with Crippen molar-refractivity contribution in [1.82, 2.24) is 68.7 Å². The number of rotatable bonds is 13. The molecule has 14 atom stereocenters. The second-order valence-corrected chi connectivity index (χ2v) is 31.1. The van der Waals surface area contributed by atoms with Crippen molar-refractivity contribution in [3.8, 4) is 11.5 Å². The van der Waals surface area contributed by atoms with Gasteiger partial charge in [0.2, 0.25) is 82.7 Å². The number of carboxylic acid groups (broad SMARTS) is 2. The van der Waals surface area contributed by atoms with Gasteiger partial charge >= 0.3 is 11.9 Å². The van der Waals surface area contributed by atoms with E-state index in [9.17, 15) is 92.7 Å². The van der Waals surface area contributed by atoms with Crippen molar-refractivity contribution in [1.29, 1.82) is 0 Å². The van der Waals surface area contributed by atoms with Crippen LogP contribution in [0.4, 0.5) is 0 Å². The molecule has 0 radical (unpaired) electrons. The lowest BCUT2D eigenvalue weighted by Gasteiger charge is -2.30. The standard InChI is InChI=1S/C59H79N15O21S6/c1-26-47(82)69-41-25-101-99-22-38-52(87)65-33(13-14-45(80)81)49(84)66-34(16-28-5-9-30(76)10-6-28)50(85)71-40(54(89)72-39(23-97-96-20-32(60)48(83)70-38)53(88)67-35(18-43(61)78)58(93)74-15-3-4-42(74)56(91)63-26)24-100-98-21-37(64-44(79)19-62-57(92)46(27(2)75)73-55(41)90)51(86)68-36(59(94)95)17-29-7-11-31(77)12-8-29/h5-12,26-27,32-42,46,75-77H,3-4,13-25,60H2,1-2H3,(H2,61,78)(H,62,92)(H,63,91)(H,64,79)(H,65,87)(H,66,84)(H,67,88)(H,68,86)(H,69,82)(H,70,83)(H,71,85)(H,72,89)(H,73,90)(H,80,81)(H,94,95)/t26-,27+,32-,33-,34+,35-,36-,37-,38-,39-,40-,41-,42-,46-/m0/s1. The van der Waals surface area contributed by atoms with Crippen LogP contribution in [-0.4, -0.2) is 257 Å². The molecule has 0 unspecified atom stereocenters. The van der Waals surface area contributed by atoms with Crippen LogP contribution in [0.15, 0.2) is 48.5 Å². The summed E-state index contributed by atoms with van der Waals surface area (Å²) < 4.78 is 0. The number of aliphatic hydroxyl groups is 1. The highest BCUT2D eigenvalue weighted by molar-refractivity contribution is 8.77. The van der Waals surface area contributed by atoms with Crippen molar-refractivity contribution in [2.24, 2.45) is 11.5 Å². The summed E-state index contributed by atoms with van der Waals surface area (Å²) in [6, 6.07) is -11.7. The fourth-order valence-electron chi connectivity index (χ4n) is 10.0. The first-order valence-electron chi connectivity index (χ1n) is 31.2. The van der Waals surface area contributed by atoms with E-state index in [2.05, 4.69) is 63.8 Å². The van der Waals surface area contributed by atoms with E-state index < -0.39 is 240 Å². The largest absolute Gasteiger partial charge is 0.508 e. The number of nitrogens with two attached hydrogens (primary N) is 2. The predicted octanol–water partition coefficient (Wildman–Crippen LogP) is -5.94. The van der Waals surface area contributed by atoms with Crippen molar-refractivity contribution in [2.45, 2.75) is 143 Å². The van der Waals surface area contributed by atoms with Crippen LogP contribution in [-0.2, 0) is 89.6 Å². The van der Waals surface area contributed by atoms with Crippen molar-refractivity contribution >= 4 is 159 Å². The monoisotopic (exact) mass is 1530 g/mol. The molecular formula is C59H79N15O21S6. The molecule has 36 nitrogen and oxygen atoms in total. The van der Waals surface area contributed by atoms with Crippen LogP contribution in [0.25, 0.3) is 0 Å². The molecule has 2 aromatic carbocycles. The van der Waals surface area contributed by atoms with Crippen molar-refractivity contribution in [3.63, 3.8) is 0 Å². The van der Waals surface area contributed by atoms with Gasteiger partial charge in [-0.25, -0.2) is 4.79 Å². The van der Waals surface area contributed by atoms with E-state index in [-0.39, 0.29) is 48.6 Å². The van der Waals surface area contributed by atoms with E-state index in [1.807, 2.05) is 0 Å². The number of carboxylic acids is 2. The molecule has 4 saturated heterocycles. The Kier molecular flexibility index (Phi) is 32.1. The van der Waals surface area contributed by atoms with Gasteiger partial charge in [0.15, 0.2) is 0 Å². The fourth-order valence-corrected chi connectivity index (χ4v) is 17.0. The number of fused-ring (bicyclic) bond motifs is 20. The number of primary amides is 1. The third-order valence-electron chi connectivity index (χ3n) is 15.6. The molecule has 21 N–H and O–H groups in total. The summed E-state index contributed by atoms with van der Waals surface area (Å²) in [4.78, 5) is 227. The number of nitrogens with one attached hydrogen (secondary N) is 12. The normalized spacial score (nSPS) is 27.3. The number of aliphatic carboxylic acids is 2. The topological polar surface area (TPSA) is 574 Å². The third-order valence-corrected chi connectivity index (χ3v) is 22.9. The van der Waals surface area contributed by atoms with E-state index in [0.717, 1.165) is 76.6 Å². The number of hydrogen-bond donors (Lipinski definition) is 19. The minimum absolute atomic E-state index is 0.00937. The lowest BCUT2D eigenvalue weighted by Crippen LogP contribution is -2.61. The van der Waals surface area contributed by atoms with Crippen LogP contribution in [0, 0.1) is 0 Å². The van der Waals surface area contributed by atoms with Gasteiger partial charge < -0.3 is 106 Å². The molecule has 4 aliphatic rings. The van der Waals surface area contributed by atoms with Crippen molar-refractivity contribution in [2.75, 3.05) is 47.6 Å². The Labute approximate surface area is 600 Å². The summed E-state index contributed by atoms with van der Waals surface area (Å²) in [7, 11) is 4.74. The van der Waals surface area contributed by atoms with E-state index in [0.29, 0.717) is 5.56 Å². The number of hydrogen-bond acceptors (Lipinski definition) is 26. The molecule has 0 saturated carbocycles. The lowest BCUT2D eigenvalue weighted by atomic mass is 10.0. The first-order valence-corrected chi connectivity index (χ1v) is 38.7. The molecule has 0 aliphatic carbocycles. The van der Waals surface area contributed by atoms with Crippen LogP contribution in [0.5, 0.6) is 11.5 Å². The second kappa shape index (κ2) is 39.7. The Hall–Kier alpha value is -8.42. The Morgan fingerprint density at radius 1 is 0.574 bits per heavy atom. The van der Waals surface area contributed by atoms with Crippen LogP contribution >= 0.6 is 64.8 Å². The molecule has 4 fully saturated rings. The molecule has 42 heteroatoms. The molecule has 0 aromatic heterocycles. The molecule has 101 heavy (non-hydrogen) atoms. The van der Waals surface area contributed by atoms with Gasteiger partial charge in [-0.3, -0.25) is 71.9 Å². The molecular weight excluding hydrogens is 1450 g/mol. The summed E-state index contributed by atoms with van der Waals surface area (Å²) in [5.74, 6) is -21.7. The van der Waals surface area contributed by atoms with E-state index >= 15 is 9.59 Å². The van der Waals surface area contributed by atoms with Crippen LogP contribution < -0.4 is 75.3 Å². The maximum atomic E-state index is 15.1. The van der Waals surface area contributed by atoms with E-state index in [1.54, 1.807) is 0 Å². The highest BCUT2D eigenvalue weighted by atomic mass is 33.1. The number of amides is 14. The average molecular weight is 1530 g/mol. The molecule has 4 heterocycles. The van der Waals surface area contributed by atoms with Crippen LogP contribution in [0.3, 0.4) is 0 Å². The Bertz CT molecular complexity index is 3400. The molecule has 2 aromatic rings. The highest BCUT2D eigenvalue weighted by Gasteiger charge is 2.42. The zero-order chi connectivity index (χ0) is 74.2. The summed E-state index contributed by atoms with van der Waals surface area (Å²) in [5.41, 5.74) is 12.6. The summed E-state index contributed by atoms with van der Waals surface area (Å²) >= 11 is 0. The third kappa shape index (κ3) is 25.9. The summed E-state index contributed by atoms with van der Waals surface area (Å²) in [6.45, 7) is 1.18. The maximum Gasteiger partial charge on any atom is 0.326 e. The molecule has 0 spiro atoms. The number of carbonyl (C=O) groups excluding carboxylic acids is 14. The first-order chi connectivity index (χ1) is 47.9. The number of aromatic hydroxyl groups is 2. The lowest BCUT2D eigenvalue weighted by molar-refractivity contribution is -0.143. The maximum absolute atomic E-state index is 15.1. The first kappa shape index (κ1) is 81.5. The van der Waals surface area contributed by atoms with Gasteiger partial charge in [0.05, 0.1) is 25.1 Å². The number of carbonyl (C=O) groups is 16. The van der Waals surface area contributed by atoms with Gasteiger partial charge in [0.25, 0.3) is 0 Å². The van der Waals surface area contributed by atoms with Gasteiger partial charge in [-0.1, -0.05) is 89.0 Å². The molecule has 6 rings (SSSR count). The Balaban J connectivity index is 1.56. The molecule has 14 amide bonds. The summed E-state index contributed by atoms with van der Waals surface area (Å²) in [6.07, 6.45) is -4.71. The molecule has 4 aliphatic heterocycles. The number of nitrogens with zero attached hydrogens (tertiary/aromatic N) is 1. The van der Waals surface area contributed by atoms with Gasteiger partial charge in [-0.15, -0.1) is 0 Å². The quantitative estimate of drug-likeness (QED) is 0.0656. The molecule has 4 bridgehead atoms. The van der Waals surface area contributed by atoms with Gasteiger partial charge in [-0.2, -0.15) is 0 Å². The number of aliphatic hydroxyl groups excluding tert-OH is 1. The second-order valence-electron chi connectivity index (χ2n) is 23.5. The Morgan fingerprint density at radius 2 is 1.06 bits per heavy atom. The van der Waals surface area contributed by atoms with E-state index in [1.165, 1.54) is 55.5 Å². The summed E-state index contributed by atoms with van der Waals surface area (Å²) in [5, 5.41) is 80.4. The minimum Gasteiger partial charge on any atom is -0.508 e. The average Bonchev–Trinajstić information content (AvgIpc) is 1.75. The molecule has 552 valence electrons. The smallest absolute Gasteiger partial charge is 0.326 e. The number of phenolic OH excluding ortho intramolecular Hbond substituents is 2. The van der Waals surface area contributed by atoms with E-state index in [4.69, 9.17) is 11.5 Å². The van der Waals surface area contributed by atoms with Crippen LogP contribution in [0.2, 0.25) is 0 Å². The van der Waals surface area contributed by atoms with Crippen molar-refractivity contribution < 1.29 is 102 Å². The van der Waals surface area contributed by atoms with Crippen molar-refractivity contribution in [3.05, 3.63) is 59.7 Å². The SMILES string of the molecule is C[C@@H]1NC(=O)[C@@H]2CCCN2C(=O)[C@H](CC(N)=O)NC(=O)[C@@H]2CSSC[C@H](N)C(=O)N[C@H]3CSSC[C@H](NC1=O)C(=O)N[C@@H]([C@@H](C)O)C(=O)NCC(=O)N[C@H](C(=O)N[C@@H](Cc1ccc(O)cc1)C(=O)O)CSSC[C@H](NC(=O)[C@@H](Cc1ccc(O)cc1)NC(=O)[C@H](CCC(=O)O)NC3=O)C(=O)N2. The van der Waals surface area contributed by atoms with Gasteiger partial charge in [-0.05, 0) is 68.5 Å². The van der Waals surface area contributed by atoms with Crippen LogP contribution in [0.1, 0.15) is 57.1 Å². The van der Waals surface area contributed by atoms with Gasteiger partial charge in [0.1, 0.15) is 84.0 Å². The van der Waals surface area contributed by atoms with Gasteiger partial charge in [0, 0.05) is 60.3 Å². The fraction of sp³-hybridized carbons (Fsp3) is 0.525. The predicted molar refractivity (Wildman–Crippen MR) is 371 cm³/mol.